The van der Waals surface area contributed by atoms with E-state index in [0.29, 0.717) is 13.1 Å². The second kappa shape index (κ2) is 20.4. The molecule has 6 nitrogen and oxygen atoms in total. The maximum absolute atomic E-state index is 10.0. The summed E-state index contributed by atoms with van der Waals surface area (Å²) in [6.07, 6.45) is 1.39. The highest BCUT2D eigenvalue weighted by Gasteiger charge is 1.95. The standard InChI is InChI=1S/C8H16N2O4.2C2H4/c11-7(12)9-5-3-1-2-4-6-10-8(13)14;2*1-2/h9-10H,1-6H2,(H,11,12)(H,13,14);2*1-2H2. The number of amides is 2. The van der Waals surface area contributed by atoms with Gasteiger partial charge in [0.05, 0.1) is 0 Å². The molecule has 0 aliphatic rings. The lowest BCUT2D eigenvalue weighted by Crippen LogP contribution is -2.22. The molecule has 0 aliphatic carbocycles. The third kappa shape index (κ3) is 29.2. The topological polar surface area (TPSA) is 98.7 Å². The zero-order valence-corrected chi connectivity index (χ0v) is 10.8. The first-order valence-corrected chi connectivity index (χ1v) is 5.56. The van der Waals surface area contributed by atoms with Crippen molar-refractivity contribution in [2.45, 2.75) is 25.7 Å². The van der Waals surface area contributed by atoms with Gasteiger partial charge in [0, 0.05) is 13.1 Å². The van der Waals surface area contributed by atoms with Crippen molar-refractivity contribution in [1.29, 1.82) is 0 Å². The Morgan fingerprint density at radius 3 is 1.22 bits per heavy atom. The van der Waals surface area contributed by atoms with Gasteiger partial charge >= 0.3 is 12.2 Å². The number of hydrogen-bond donors (Lipinski definition) is 4. The number of carbonyl (C=O) groups is 2. The molecule has 0 saturated heterocycles. The van der Waals surface area contributed by atoms with Gasteiger partial charge in [-0.15, -0.1) is 26.3 Å². The van der Waals surface area contributed by atoms with Crippen molar-refractivity contribution >= 4 is 12.2 Å². The van der Waals surface area contributed by atoms with Crippen LogP contribution in [0, 0.1) is 0 Å². The van der Waals surface area contributed by atoms with Crippen LogP contribution in [-0.2, 0) is 0 Å². The average molecular weight is 260 g/mol. The summed E-state index contributed by atoms with van der Waals surface area (Å²) in [6, 6.07) is 0. The molecule has 0 saturated carbocycles. The fraction of sp³-hybridized carbons (Fsp3) is 0.500. The Labute approximate surface area is 108 Å². The van der Waals surface area contributed by atoms with Gasteiger partial charge < -0.3 is 20.8 Å². The quantitative estimate of drug-likeness (QED) is 0.418. The average Bonchev–Trinajstić information content (AvgIpc) is 2.37. The van der Waals surface area contributed by atoms with Gasteiger partial charge in [0.2, 0.25) is 0 Å². The first kappa shape index (κ1) is 21.3. The predicted molar refractivity (Wildman–Crippen MR) is 73.0 cm³/mol. The summed E-state index contributed by atoms with van der Waals surface area (Å²) in [4.78, 5) is 20.0. The Morgan fingerprint density at radius 2 is 1.00 bits per heavy atom. The molecule has 0 atom stereocenters. The van der Waals surface area contributed by atoms with E-state index in [2.05, 4.69) is 36.9 Å². The van der Waals surface area contributed by atoms with Crippen molar-refractivity contribution in [1.82, 2.24) is 10.6 Å². The van der Waals surface area contributed by atoms with Crippen LogP contribution in [0.4, 0.5) is 9.59 Å². The first-order chi connectivity index (χ1) is 8.63. The zero-order valence-electron chi connectivity index (χ0n) is 10.8. The van der Waals surface area contributed by atoms with E-state index in [1.165, 1.54) is 0 Å². The summed E-state index contributed by atoms with van der Waals surface area (Å²) in [5.41, 5.74) is 0. The first-order valence-electron chi connectivity index (χ1n) is 5.56. The summed E-state index contributed by atoms with van der Waals surface area (Å²) in [7, 11) is 0. The second-order valence-corrected chi connectivity index (χ2v) is 2.88. The Hall–Kier alpha value is -1.98. The van der Waals surface area contributed by atoms with E-state index in [1.54, 1.807) is 0 Å². The van der Waals surface area contributed by atoms with E-state index in [-0.39, 0.29) is 0 Å². The molecular formula is C12H24N2O4. The van der Waals surface area contributed by atoms with Gasteiger partial charge in [-0.25, -0.2) is 9.59 Å². The van der Waals surface area contributed by atoms with E-state index in [9.17, 15) is 9.59 Å². The van der Waals surface area contributed by atoms with E-state index in [4.69, 9.17) is 10.2 Å². The normalized spacial score (nSPS) is 7.78. The lowest BCUT2D eigenvalue weighted by atomic mass is 10.2. The van der Waals surface area contributed by atoms with Gasteiger partial charge in [0.25, 0.3) is 0 Å². The van der Waals surface area contributed by atoms with Gasteiger partial charge in [0.1, 0.15) is 0 Å². The number of unbranched alkanes of at least 4 members (excludes halogenated alkanes) is 3. The lowest BCUT2D eigenvalue weighted by molar-refractivity contribution is 0.192. The minimum absolute atomic E-state index is 0.460. The van der Waals surface area contributed by atoms with E-state index < -0.39 is 12.2 Å². The Morgan fingerprint density at radius 1 is 0.722 bits per heavy atom. The fourth-order valence-corrected chi connectivity index (χ4v) is 0.994. The molecule has 0 aromatic rings. The molecule has 0 fully saturated rings. The molecule has 0 rings (SSSR count). The molecular weight excluding hydrogens is 236 g/mol. The van der Waals surface area contributed by atoms with Crippen molar-refractivity contribution in [3.8, 4) is 0 Å². The number of hydrogen-bond acceptors (Lipinski definition) is 2. The van der Waals surface area contributed by atoms with Gasteiger partial charge in [0.15, 0.2) is 0 Å². The largest absolute Gasteiger partial charge is 0.465 e. The number of nitrogens with one attached hydrogen (secondary N) is 2. The molecule has 18 heavy (non-hydrogen) atoms. The van der Waals surface area contributed by atoms with Crippen molar-refractivity contribution < 1.29 is 19.8 Å². The molecule has 0 bridgehead atoms. The summed E-state index contributed by atoms with van der Waals surface area (Å²) >= 11 is 0. The van der Waals surface area contributed by atoms with Crippen molar-refractivity contribution in [2.75, 3.05) is 13.1 Å². The molecule has 0 aliphatic heterocycles. The molecule has 0 aromatic carbocycles. The van der Waals surface area contributed by atoms with Crippen LogP contribution in [0.3, 0.4) is 0 Å². The highest BCUT2D eigenvalue weighted by atomic mass is 16.4. The SMILES string of the molecule is C=C.C=C.O=C(O)NCCCCCCNC(=O)O. The smallest absolute Gasteiger partial charge is 0.404 e. The molecule has 2 amide bonds. The van der Waals surface area contributed by atoms with Crippen molar-refractivity contribution in [3.63, 3.8) is 0 Å². The highest BCUT2D eigenvalue weighted by Crippen LogP contribution is 1.97. The maximum atomic E-state index is 10.0. The van der Waals surface area contributed by atoms with E-state index in [0.717, 1.165) is 25.7 Å². The summed E-state index contributed by atoms with van der Waals surface area (Å²) in [5.74, 6) is 0. The minimum Gasteiger partial charge on any atom is -0.465 e. The Bertz CT molecular complexity index is 188. The van der Waals surface area contributed by atoms with Crippen LogP contribution in [0.5, 0.6) is 0 Å². The van der Waals surface area contributed by atoms with Gasteiger partial charge in [-0.05, 0) is 12.8 Å². The van der Waals surface area contributed by atoms with Crippen LogP contribution in [0.2, 0.25) is 0 Å². The van der Waals surface area contributed by atoms with Crippen LogP contribution < -0.4 is 10.6 Å². The molecule has 0 radical (unpaired) electrons. The molecule has 4 N–H and O–H groups in total. The van der Waals surface area contributed by atoms with Crippen molar-refractivity contribution in [3.05, 3.63) is 26.3 Å². The highest BCUT2D eigenvalue weighted by molar-refractivity contribution is 5.64. The van der Waals surface area contributed by atoms with Crippen LogP contribution in [-0.4, -0.2) is 35.5 Å². The van der Waals surface area contributed by atoms with Crippen LogP contribution in [0.15, 0.2) is 26.3 Å². The van der Waals surface area contributed by atoms with Crippen LogP contribution in [0.25, 0.3) is 0 Å². The van der Waals surface area contributed by atoms with E-state index >= 15 is 0 Å². The Kier molecular flexibility index (Phi) is 24.2. The fourth-order valence-electron chi connectivity index (χ4n) is 0.994. The molecule has 0 unspecified atom stereocenters. The van der Waals surface area contributed by atoms with E-state index in [1.807, 2.05) is 0 Å². The number of rotatable bonds is 7. The Balaban J connectivity index is -0.000000506. The molecule has 0 aromatic heterocycles. The van der Waals surface area contributed by atoms with Crippen LogP contribution >= 0.6 is 0 Å². The summed E-state index contributed by atoms with van der Waals surface area (Å²) < 4.78 is 0. The monoisotopic (exact) mass is 260 g/mol. The zero-order chi connectivity index (χ0) is 14.8. The molecule has 0 heterocycles. The summed E-state index contributed by atoms with van der Waals surface area (Å²) in [6.45, 7) is 12.9. The molecule has 6 heteroatoms. The second-order valence-electron chi connectivity index (χ2n) is 2.88. The lowest BCUT2D eigenvalue weighted by Gasteiger charge is -2.01. The maximum Gasteiger partial charge on any atom is 0.404 e. The number of carboxylic acid groups (broad SMARTS) is 2. The van der Waals surface area contributed by atoms with Gasteiger partial charge in [-0.1, -0.05) is 12.8 Å². The van der Waals surface area contributed by atoms with Crippen molar-refractivity contribution in [2.24, 2.45) is 0 Å². The minimum atomic E-state index is -1.00. The van der Waals surface area contributed by atoms with Gasteiger partial charge in [-0.3, -0.25) is 0 Å². The summed E-state index contributed by atoms with van der Waals surface area (Å²) in [5, 5.41) is 21.0. The third-order valence-corrected chi connectivity index (χ3v) is 1.66. The van der Waals surface area contributed by atoms with Crippen LogP contribution in [0.1, 0.15) is 25.7 Å². The molecule has 106 valence electrons. The predicted octanol–water partition coefficient (Wildman–Crippen LogP) is 2.69. The molecule has 0 spiro atoms. The third-order valence-electron chi connectivity index (χ3n) is 1.66. The van der Waals surface area contributed by atoms with Gasteiger partial charge in [-0.2, -0.15) is 0 Å².